The molecular formula is C8H8F3NS. The fraction of sp³-hybridized carbons (Fsp3) is 0.250. The number of hydrogen-bond acceptors (Lipinski definition) is 2. The van der Waals surface area contributed by atoms with Gasteiger partial charge < -0.3 is 0 Å². The van der Waals surface area contributed by atoms with E-state index in [-0.39, 0.29) is 5.56 Å². The number of hydrogen-bond donors (Lipinski definition) is 1. The summed E-state index contributed by atoms with van der Waals surface area (Å²) in [7, 11) is 0. The van der Waals surface area contributed by atoms with Crippen molar-refractivity contribution >= 4 is 11.9 Å². The van der Waals surface area contributed by atoms with Gasteiger partial charge in [-0.25, -0.2) is 0 Å². The second-order valence-corrected chi connectivity index (χ2v) is 3.21. The van der Waals surface area contributed by atoms with Gasteiger partial charge in [-0.15, -0.1) is 0 Å². The van der Waals surface area contributed by atoms with Crippen molar-refractivity contribution < 1.29 is 13.2 Å². The van der Waals surface area contributed by atoms with Crippen LogP contribution in [0.2, 0.25) is 0 Å². The molecule has 0 aromatic heterocycles. The minimum Gasteiger partial charge on any atom is -0.277 e. The maximum atomic E-state index is 12.3. The lowest BCUT2D eigenvalue weighted by atomic mass is 10.1. The van der Waals surface area contributed by atoms with Gasteiger partial charge in [0.25, 0.3) is 0 Å². The first kappa shape index (κ1) is 10.4. The molecule has 0 bridgehead atoms. The molecular weight excluding hydrogens is 199 g/mol. The number of benzene rings is 1. The largest absolute Gasteiger partial charge is 0.405 e. The Morgan fingerprint density at radius 1 is 1.15 bits per heavy atom. The maximum absolute atomic E-state index is 12.3. The van der Waals surface area contributed by atoms with Gasteiger partial charge in [-0.3, -0.25) is 5.14 Å². The highest BCUT2D eigenvalue weighted by atomic mass is 32.2. The fourth-order valence-electron chi connectivity index (χ4n) is 0.973. The molecule has 0 fully saturated rings. The van der Waals surface area contributed by atoms with Crippen LogP contribution < -0.4 is 5.14 Å². The van der Waals surface area contributed by atoms with Gasteiger partial charge in [0, 0.05) is 0 Å². The molecule has 13 heavy (non-hydrogen) atoms. The van der Waals surface area contributed by atoms with Crippen LogP contribution in [0.5, 0.6) is 0 Å². The Balaban J connectivity index is 2.92. The molecule has 0 aliphatic heterocycles. The van der Waals surface area contributed by atoms with Crippen molar-refractivity contribution in [3.8, 4) is 0 Å². The van der Waals surface area contributed by atoms with Gasteiger partial charge in [0.15, 0.2) is 0 Å². The predicted octanol–water partition coefficient (Wildman–Crippen LogP) is 2.90. The number of rotatable bonds is 2. The average molecular weight is 207 g/mol. The monoisotopic (exact) mass is 207 g/mol. The van der Waals surface area contributed by atoms with Gasteiger partial charge in [-0.1, -0.05) is 42.3 Å². The summed E-state index contributed by atoms with van der Waals surface area (Å²) < 4.78 is 36.9. The lowest BCUT2D eigenvalue weighted by Crippen LogP contribution is -2.19. The molecule has 0 spiro atoms. The van der Waals surface area contributed by atoms with Crippen LogP contribution in [0, 0.1) is 0 Å². The molecule has 0 radical (unpaired) electrons. The summed E-state index contributed by atoms with van der Waals surface area (Å²) in [5.74, 6) is 0. The zero-order chi connectivity index (χ0) is 9.90. The molecule has 72 valence electrons. The number of nitrogens with two attached hydrogens (primary N) is 1. The predicted molar refractivity (Wildman–Crippen MR) is 47.0 cm³/mol. The molecule has 0 saturated heterocycles. The number of alkyl halides is 3. The zero-order valence-corrected chi connectivity index (χ0v) is 7.40. The first-order valence-electron chi connectivity index (χ1n) is 3.53. The van der Waals surface area contributed by atoms with Gasteiger partial charge in [-0.2, -0.15) is 13.2 Å². The average Bonchev–Trinajstić information content (AvgIpc) is 2.05. The quantitative estimate of drug-likeness (QED) is 0.754. The smallest absolute Gasteiger partial charge is 0.277 e. The third kappa shape index (κ3) is 2.63. The molecule has 2 N–H and O–H groups in total. The highest BCUT2D eigenvalue weighted by Gasteiger charge is 2.40. The molecule has 0 aliphatic rings. The van der Waals surface area contributed by atoms with E-state index in [1.807, 2.05) is 0 Å². The van der Waals surface area contributed by atoms with Gasteiger partial charge in [0.2, 0.25) is 0 Å². The number of halogens is 3. The Morgan fingerprint density at radius 3 is 2.08 bits per heavy atom. The Kier molecular flexibility index (Phi) is 3.22. The second kappa shape index (κ2) is 4.02. The van der Waals surface area contributed by atoms with Gasteiger partial charge in [0.05, 0.1) is 0 Å². The van der Waals surface area contributed by atoms with Crippen molar-refractivity contribution in [2.45, 2.75) is 11.4 Å². The first-order valence-corrected chi connectivity index (χ1v) is 4.47. The second-order valence-electron chi connectivity index (χ2n) is 2.47. The van der Waals surface area contributed by atoms with E-state index in [1.54, 1.807) is 18.2 Å². The van der Waals surface area contributed by atoms with E-state index in [9.17, 15) is 13.2 Å². The highest BCUT2D eigenvalue weighted by Crippen LogP contribution is 2.40. The van der Waals surface area contributed by atoms with Crippen molar-refractivity contribution in [2.24, 2.45) is 5.14 Å². The van der Waals surface area contributed by atoms with Crippen LogP contribution in [0.3, 0.4) is 0 Å². The van der Waals surface area contributed by atoms with Crippen molar-refractivity contribution in [3.05, 3.63) is 35.9 Å². The molecule has 1 unspecified atom stereocenters. The zero-order valence-electron chi connectivity index (χ0n) is 6.58. The minimum absolute atomic E-state index is 0.183. The molecule has 1 atom stereocenters. The van der Waals surface area contributed by atoms with Crippen LogP contribution in [0.25, 0.3) is 0 Å². The van der Waals surface area contributed by atoms with Crippen LogP contribution >= 0.6 is 11.9 Å². The minimum atomic E-state index is -4.29. The lowest BCUT2D eigenvalue weighted by Gasteiger charge is -2.17. The van der Waals surface area contributed by atoms with Gasteiger partial charge in [-0.05, 0) is 5.56 Å². The third-order valence-corrected chi connectivity index (χ3v) is 2.35. The topological polar surface area (TPSA) is 26.0 Å². The van der Waals surface area contributed by atoms with Crippen molar-refractivity contribution in [2.75, 3.05) is 0 Å². The normalized spacial score (nSPS) is 14.2. The summed E-state index contributed by atoms with van der Waals surface area (Å²) in [6.45, 7) is 0. The van der Waals surface area contributed by atoms with Crippen LogP contribution in [-0.2, 0) is 0 Å². The van der Waals surface area contributed by atoms with E-state index in [1.165, 1.54) is 12.1 Å². The van der Waals surface area contributed by atoms with E-state index in [4.69, 9.17) is 5.14 Å². The van der Waals surface area contributed by atoms with Gasteiger partial charge >= 0.3 is 6.18 Å². The molecule has 1 aromatic carbocycles. The molecule has 5 heteroatoms. The van der Waals surface area contributed by atoms with E-state index in [0.29, 0.717) is 11.9 Å². The Morgan fingerprint density at radius 2 is 1.69 bits per heavy atom. The molecule has 0 heterocycles. The summed E-state index contributed by atoms with van der Waals surface area (Å²) in [6.07, 6.45) is -4.29. The summed E-state index contributed by atoms with van der Waals surface area (Å²) >= 11 is 0.305. The fourth-order valence-corrected chi connectivity index (χ4v) is 1.44. The molecule has 1 rings (SSSR count). The van der Waals surface area contributed by atoms with Crippen molar-refractivity contribution in [1.82, 2.24) is 0 Å². The third-order valence-electron chi connectivity index (χ3n) is 1.54. The summed E-state index contributed by atoms with van der Waals surface area (Å²) in [4.78, 5) is 0. The Hall–Kier alpha value is -0.680. The van der Waals surface area contributed by atoms with Crippen LogP contribution in [0.4, 0.5) is 13.2 Å². The standard InChI is InChI=1S/C8H8F3NS/c9-8(10,11)7(13-12)6-4-2-1-3-5-6/h1-5,7H,12H2. The molecule has 0 amide bonds. The SMILES string of the molecule is NSC(c1ccccc1)C(F)(F)F. The molecule has 0 aliphatic carbocycles. The Bertz CT molecular complexity index is 260. The van der Waals surface area contributed by atoms with Crippen LogP contribution in [0.15, 0.2) is 30.3 Å². The van der Waals surface area contributed by atoms with E-state index < -0.39 is 11.4 Å². The van der Waals surface area contributed by atoms with Crippen LogP contribution in [0.1, 0.15) is 10.8 Å². The lowest BCUT2D eigenvalue weighted by molar-refractivity contribution is -0.129. The molecule has 1 aromatic rings. The van der Waals surface area contributed by atoms with Gasteiger partial charge in [0.1, 0.15) is 5.25 Å². The highest BCUT2D eigenvalue weighted by molar-refractivity contribution is 7.97. The van der Waals surface area contributed by atoms with E-state index in [0.717, 1.165) is 0 Å². The van der Waals surface area contributed by atoms with E-state index in [2.05, 4.69) is 0 Å². The van der Waals surface area contributed by atoms with Crippen molar-refractivity contribution in [1.29, 1.82) is 0 Å². The van der Waals surface area contributed by atoms with Crippen molar-refractivity contribution in [3.63, 3.8) is 0 Å². The van der Waals surface area contributed by atoms with Crippen LogP contribution in [-0.4, -0.2) is 6.18 Å². The Labute approximate surface area is 78.3 Å². The first-order chi connectivity index (χ1) is 6.05. The molecule has 0 saturated carbocycles. The summed E-state index contributed by atoms with van der Waals surface area (Å²) in [5, 5.41) is 3.36. The maximum Gasteiger partial charge on any atom is 0.405 e. The summed E-state index contributed by atoms with van der Waals surface area (Å²) in [6, 6.07) is 7.61. The molecule has 1 nitrogen and oxygen atoms in total. The summed E-state index contributed by atoms with van der Waals surface area (Å²) in [5.41, 5.74) is 0.183. The van der Waals surface area contributed by atoms with E-state index >= 15 is 0 Å².